The molecule has 5 rings (SSSR count). The highest BCUT2D eigenvalue weighted by molar-refractivity contribution is 7.91. The second kappa shape index (κ2) is 11.8. The van der Waals surface area contributed by atoms with Gasteiger partial charge >= 0.3 is 0 Å². The molecule has 250 valence electrons. The zero-order valence-electron chi connectivity index (χ0n) is 23.5. The van der Waals surface area contributed by atoms with Crippen LogP contribution in [0, 0.1) is 11.3 Å². The molecule has 0 radical (unpaired) electrons. The fourth-order valence-electron chi connectivity index (χ4n) is 5.26. The first-order valence-electron chi connectivity index (χ1n) is 13.1. The van der Waals surface area contributed by atoms with Crippen molar-refractivity contribution in [1.82, 2.24) is 5.43 Å². The van der Waals surface area contributed by atoms with Crippen molar-refractivity contribution >= 4 is 75.1 Å². The van der Waals surface area contributed by atoms with Gasteiger partial charge in [0.25, 0.3) is 40.5 Å². The molecule has 0 bridgehead atoms. The number of allylic oxidation sites excluding steroid dienone is 6. The summed E-state index contributed by atoms with van der Waals surface area (Å²) in [6.07, 6.45) is 2.14. The lowest BCUT2D eigenvalue weighted by Crippen LogP contribution is -2.37. The highest BCUT2D eigenvalue weighted by Gasteiger charge is 2.40. The molecule has 2 aromatic rings. The van der Waals surface area contributed by atoms with E-state index >= 15 is 0 Å². The van der Waals surface area contributed by atoms with Crippen molar-refractivity contribution < 1.29 is 56.7 Å². The molecule has 1 atom stereocenters. The number of nitrogens with one attached hydrogen (secondary N) is 4. The van der Waals surface area contributed by atoms with Crippen LogP contribution in [0.15, 0.2) is 79.4 Å². The summed E-state index contributed by atoms with van der Waals surface area (Å²) in [6.45, 7) is 0. The summed E-state index contributed by atoms with van der Waals surface area (Å²) < 4.78 is 133. The predicted molar refractivity (Wildman–Crippen MR) is 168 cm³/mol. The summed E-state index contributed by atoms with van der Waals surface area (Å²) in [7, 11) is -19.1. The van der Waals surface area contributed by atoms with E-state index < -0.39 is 79.8 Å². The average molecular weight is 729 g/mol. The second-order valence-corrected chi connectivity index (χ2v) is 16.2. The Balaban J connectivity index is 1.54. The molecule has 0 aliphatic heterocycles. The van der Waals surface area contributed by atoms with Gasteiger partial charge in [-0.15, -0.1) is 0 Å². The first-order valence-corrected chi connectivity index (χ1v) is 18.9. The van der Waals surface area contributed by atoms with Gasteiger partial charge in [0.1, 0.15) is 15.5 Å². The number of carbonyl (C=O) groups excluding carboxylic acids is 1. The Hall–Kier alpha value is -4.22. The van der Waals surface area contributed by atoms with Gasteiger partial charge < -0.3 is 10.7 Å². The van der Waals surface area contributed by atoms with Gasteiger partial charge in [0, 0.05) is 28.4 Å². The number of hydrazine groups is 1. The molecular weight excluding hydrogens is 705 g/mol. The van der Waals surface area contributed by atoms with Crippen molar-refractivity contribution in [2.75, 3.05) is 10.7 Å². The van der Waals surface area contributed by atoms with E-state index in [0.29, 0.717) is 16.9 Å². The maximum atomic E-state index is 13.4. The molecule has 3 aliphatic carbocycles. The van der Waals surface area contributed by atoms with Gasteiger partial charge in [-0.2, -0.15) is 33.7 Å². The number of rotatable bonds is 9. The van der Waals surface area contributed by atoms with E-state index in [1.807, 2.05) is 0 Å². The van der Waals surface area contributed by atoms with Crippen LogP contribution in [0.3, 0.4) is 0 Å². The van der Waals surface area contributed by atoms with Gasteiger partial charge in [-0.1, -0.05) is 6.08 Å². The number of ketones is 1. The Kier molecular flexibility index (Phi) is 8.56. The Morgan fingerprint density at radius 3 is 1.94 bits per heavy atom. The third kappa shape index (κ3) is 7.06. The minimum Gasteiger partial charge on any atom is -0.355 e. The highest BCUT2D eigenvalue weighted by Crippen LogP contribution is 2.40. The quantitative estimate of drug-likeness (QED) is 0.136. The molecule has 17 nitrogen and oxygen atoms in total. The van der Waals surface area contributed by atoms with Crippen molar-refractivity contribution in [2.24, 2.45) is 5.92 Å². The van der Waals surface area contributed by atoms with Gasteiger partial charge in [-0.25, -0.2) is 0 Å². The molecular formula is C26H24N4O13S4. The second-order valence-electron chi connectivity index (χ2n) is 10.4. The molecule has 8 N–H and O–H groups in total. The topological polar surface area (TPSA) is 294 Å². The number of anilines is 3. The molecule has 0 amide bonds. The van der Waals surface area contributed by atoms with E-state index in [0.717, 1.165) is 30.4 Å². The number of carbonyl (C=O) groups is 1. The maximum absolute atomic E-state index is 13.4. The third-order valence-corrected chi connectivity index (χ3v) is 11.2. The molecule has 0 fully saturated rings. The van der Waals surface area contributed by atoms with Gasteiger partial charge in [0.15, 0.2) is 0 Å². The summed E-state index contributed by atoms with van der Waals surface area (Å²) in [5.74, 6) is -2.27. The molecule has 3 aliphatic rings. The summed E-state index contributed by atoms with van der Waals surface area (Å²) >= 11 is 0. The molecule has 1 unspecified atom stereocenters. The smallest absolute Gasteiger partial charge is 0.296 e. The lowest BCUT2D eigenvalue weighted by atomic mass is 9.82. The summed E-state index contributed by atoms with van der Waals surface area (Å²) in [4.78, 5) is 11.0. The van der Waals surface area contributed by atoms with Crippen LogP contribution in [0.4, 0.5) is 17.1 Å². The van der Waals surface area contributed by atoms with Gasteiger partial charge in [0.2, 0.25) is 5.78 Å². The Bertz CT molecular complexity index is 2320. The van der Waals surface area contributed by atoms with E-state index in [1.165, 1.54) is 24.3 Å². The lowest BCUT2D eigenvalue weighted by molar-refractivity contribution is -0.113. The number of hydrogen-bond donors (Lipinski definition) is 8. The predicted octanol–water partition coefficient (Wildman–Crippen LogP) is 2.19. The average Bonchev–Trinajstić information content (AvgIpc) is 2.95. The number of fused-ring (bicyclic) bond motifs is 2. The summed E-state index contributed by atoms with van der Waals surface area (Å²) in [6, 6.07) is 7.94. The first-order chi connectivity index (χ1) is 21.6. The van der Waals surface area contributed by atoms with E-state index in [1.54, 1.807) is 0 Å². The Morgan fingerprint density at radius 1 is 0.723 bits per heavy atom. The Morgan fingerprint density at radius 2 is 1.36 bits per heavy atom. The molecule has 2 aromatic carbocycles. The number of hydrogen-bond acceptors (Lipinski definition) is 13. The zero-order valence-corrected chi connectivity index (χ0v) is 26.8. The van der Waals surface area contributed by atoms with Crippen LogP contribution in [-0.2, 0) is 51.7 Å². The van der Waals surface area contributed by atoms with Gasteiger partial charge in [0.05, 0.1) is 21.2 Å². The van der Waals surface area contributed by atoms with Crippen LogP contribution in [-0.4, -0.2) is 63.4 Å². The van der Waals surface area contributed by atoms with Crippen molar-refractivity contribution in [3.05, 3.63) is 85.7 Å². The van der Waals surface area contributed by atoms with Crippen LogP contribution in [0.2, 0.25) is 0 Å². The minimum absolute atomic E-state index is 0.0545. The first kappa shape index (κ1) is 34.1. The maximum Gasteiger partial charge on any atom is 0.296 e. The van der Waals surface area contributed by atoms with Crippen molar-refractivity contribution in [3.63, 3.8) is 0 Å². The normalized spacial score (nSPS) is 18.8. The van der Waals surface area contributed by atoms with Gasteiger partial charge in [-0.3, -0.25) is 33.8 Å². The van der Waals surface area contributed by atoms with Crippen LogP contribution in [0.5, 0.6) is 0 Å². The monoisotopic (exact) mass is 728 g/mol. The molecule has 21 heteroatoms. The van der Waals surface area contributed by atoms with Crippen molar-refractivity contribution in [2.45, 2.75) is 24.2 Å². The van der Waals surface area contributed by atoms with E-state index in [4.69, 9.17) is 5.41 Å². The van der Waals surface area contributed by atoms with Crippen LogP contribution >= 0.6 is 0 Å². The third-order valence-electron chi connectivity index (χ3n) is 7.45. The summed E-state index contributed by atoms with van der Waals surface area (Å²) in [5, 5.41) is 11.0. The van der Waals surface area contributed by atoms with E-state index in [2.05, 4.69) is 16.2 Å². The van der Waals surface area contributed by atoms with Crippen molar-refractivity contribution in [1.29, 1.82) is 5.41 Å². The zero-order chi connectivity index (χ0) is 34.7. The van der Waals surface area contributed by atoms with E-state index in [9.17, 15) is 56.7 Å². The number of benzene rings is 2. The van der Waals surface area contributed by atoms with E-state index in [-0.39, 0.29) is 39.5 Å². The molecule has 0 spiro atoms. The largest absolute Gasteiger partial charge is 0.355 e. The lowest BCUT2D eigenvalue weighted by Gasteiger charge is -2.29. The standard InChI is InChI=1S/C26H24N4O13S4/c27-20-12-18-13(9-23(20)46(38,39)40)10-24(47(41,42)43)25(26(18)31)30-29-22-8-7-21(17-6-5-16(11-19(17)22)45(35,36)37)28-14-1-3-15(4-2-14)44(32,33)34/h1-4,7-9,11-13,27-30H,5-6,10H2,(H,32,33,34)(H,35,36,37)(H,38,39,40)(H,41,42,43). The number of Topliss-reactive ketones (excluding diaryl/α,β-unsaturated/α-hetero) is 1. The fraction of sp³-hybridized carbons (Fsp3) is 0.154. The van der Waals surface area contributed by atoms with Crippen LogP contribution in [0.1, 0.15) is 24.0 Å². The molecule has 0 saturated heterocycles. The molecule has 0 aromatic heterocycles. The molecule has 0 saturated carbocycles. The molecule has 0 heterocycles. The fourth-order valence-corrected chi connectivity index (χ4v) is 7.83. The minimum atomic E-state index is -5.08. The summed E-state index contributed by atoms with van der Waals surface area (Å²) in [5.41, 5.74) is 4.94. The van der Waals surface area contributed by atoms with Crippen molar-refractivity contribution in [3.8, 4) is 0 Å². The van der Waals surface area contributed by atoms with Gasteiger partial charge in [-0.05, 0) is 73.4 Å². The SMILES string of the molecule is N=C1C=C2C(=O)C(NNc3ccc(Nc4ccc(S(=O)(=O)O)cc4)c4c3C=C(S(=O)(=O)O)CC4)=C(S(=O)(=O)O)CC2C=C1S(=O)(=O)O. The van der Waals surface area contributed by atoms with Crippen LogP contribution in [0.25, 0.3) is 6.08 Å². The van der Waals surface area contributed by atoms with Crippen LogP contribution < -0.4 is 16.2 Å². The molecule has 47 heavy (non-hydrogen) atoms. The highest BCUT2D eigenvalue weighted by atomic mass is 32.2. The Labute approximate surface area is 268 Å².